The van der Waals surface area contributed by atoms with E-state index in [0.717, 1.165) is 47.9 Å². The van der Waals surface area contributed by atoms with Gasteiger partial charge in [0.05, 0.1) is 31.5 Å². The fourth-order valence-electron chi connectivity index (χ4n) is 9.03. The second kappa shape index (κ2) is 22.6. The minimum Gasteiger partial charge on any atom is -0.459 e. The molecule has 1 aliphatic heterocycles. The molecule has 6 unspecified atom stereocenters. The van der Waals surface area contributed by atoms with Crippen LogP contribution in [-0.4, -0.2) is 91.5 Å². The Hall–Kier alpha value is -5.21. The fourth-order valence-corrected chi connectivity index (χ4v) is 9.03. The number of ether oxygens (including phenoxy) is 5. The van der Waals surface area contributed by atoms with Gasteiger partial charge in [0.1, 0.15) is 30.8 Å². The van der Waals surface area contributed by atoms with Crippen LogP contribution in [0.3, 0.4) is 0 Å². The van der Waals surface area contributed by atoms with Crippen molar-refractivity contribution in [3.8, 4) is 11.5 Å². The normalized spacial score (nSPS) is 23.1. The molecule has 3 N–H and O–H groups in total. The molecule has 6 atom stereocenters. The number of hydrogen-bond donors (Lipinski definition) is 3. The smallest absolute Gasteiger partial charge is 0.412 e. The summed E-state index contributed by atoms with van der Waals surface area (Å²) in [5.74, 6) is -1.31. The van der Waals surface area contributed by atoms with Gasteiger partial charge in [0.25, 0.3) is 0 Å². The van der Waals surface area contributed by atoms with Crippen LogP contribution in [0.4, 0.5) is 9.59 Å². The molecule has 61 heavy (non-hydrogen) atoms. The molecule has 328 valence electrons. The molecule has 0 saturated heterocycles. The highest BCUT2D eigenvalue weighted by Gasteiger charge is 2.65. The van der Waals surface area contributed by atoms with Crippen LogP contribution in [-0.2, 0) is 32.2 Å². The van der Waals surface area contributed by atoms with Crippen molar-refractivity contribution in [2.45, 2.75) is 82.8 Å². The van der Waals surface area contributed by atoms with Crippen molar-refractivity contribution >= 4 is 17.9 Å². The Kier molecular flexibility index (Phi) is 16.8. The first-order valence-electron chi connectivity index (χ1n) is 21.5. The molecule has 3 aliphatic rings. The Bertz CT molecular complexity index is 1940. The largest absolute Gasteiger partial charge is 0.459 e. The SMILES string of the molecule is C=CCOC12Oc3ccc(OC(=O)NCc4ccccc4)cc3C3C(CCCCO)C(CCCCO)C=C(C(=NOCC)CC1N(C)C(=O)OCCOCc1ccccc1)C32. The number of benzene rings is 3. The van der Waals surface area contributed by atoms with E-state index in [4.69, 9.17) is 28.5 Å². The third-order valence-corrected chi connectivity index (χ3v) is 11.8. The second-order valence-electron chi connectivity index (χ2n) is 15.7. The third-order valence-electron chi connectivity index (χ3n) is 11.8. The van der Waals surface area contributed by atoms with Gasteiger partial charge >= 0.3 is 12.2 Å². The molecular weight excluding hydrogens is 779 g/mol. The van der Waals surface area contributed by atoms with Gasteiger partial charge in [0.2, 0.25) is 5.79 Å². The Balaban J connectivity index is 1.39. The van der Waals surface area contributed by atoms with Crippen molar-refractivity contribution in [1.29, 1.82) is 0 Å². The second-order valence-corrected chi connectivity index (χ2v) is 15.7. The molecule has 0 bridgehead atoms. The first-order chi connectivity index (χ1) is 29.8. The van der Waals surface area contributed by atoms with Crippen LogP contribution in [0.25, 0.3) is 0 Å². The lowest BCUT2D eigenvalue weighted by Gasteiger charge is -2.59. The maximum atomic E-state index is 14.0. The molecule has 3 aromatic carbocycles. The number of aliphatic hydroxyl groups is 2. The molecule has 2 amide bonds. The van der Waals surface area contributed by atoms with Crippen molar-refractivity contribution in [3.05, 3.63) is 120 Å². The third kappa shape index (κ3) is 11.2. The maximum absolute atomic E-state index is 14.0. The highest BCUT2D eigenvalue weighted by atomic mass is 16.7. The van der Waals surface area contributed by atoms with Crippen LogP contribution < -0.4 is 14.8 Å². The number of nitrogens with one attached hydrogen (secondary N) is 1. The molecular formula is C48H61N3O10. The average molecular weight is 840 g/mol. The number of rotatable bonds is 22. The molecule has 2 aliphatic carbocycles. The van der Waals surface area contributed by atoms with Gasteiger partial charge < -0.3 is 49.0 Å². The summed E-state index contributed by atoms with van der Waals surface area (Å²) in [4.78, 5) is 34.5. The molecule has 1 fully saturated rings. The number of unbranched alkanes of at least 4 members (excludes halogenated alkanes) is 2. The summed E-state index contributed by atoms with van der Waals surface area (Å²) in [6.45, 7) is 7.39. The molecule has 1 saturated carbocycles. The van der Waals surface area contributed by atoms with Crippen LogP contribution in [0, 0.1) is 17.8 Å². The van der Waals surface area contributed by atoms with E-state index >= 15 is 0 Å². The summed E-state index contributed by atoms with van der Waals surface area (Å²) in [5, 5.41) is 27.2. The Morgan fingerprint density at radius 2 is 1.69 bits per heavy atom. The lowest BCUT2D eigenvalue weighted by molar-refractivity contribution is -0.253. The zero-order chi connectivity index (χ0) is 43.0. The molecule has 6 rings (SSSR count). The first-order valence-corrected chi connectivity index (χ1v) is 21.5. The Labute approximate surface area is 359 Å². The summed E-state index contributed by atoms with van der Waals surface area (Å²) >= 11 is 0. The monoisotopic (exact) mass is 839 g/mol. The first kappa shape index (κ1) is 45.3. The number of carbonyl (C=O) groups is 2. The number of hydrogen-bond acceptors (Lipinski definition) is 11. The van der Waals surface area contributed by atoms with E-state index in [2.05, 4.69) is 23.1 Å². The topological polar surface area (TPSA) is 158 Å². The van der Waals surface area contributed by atoms with E-state index in [1.54, 1.807) is 25.3 Å². The number of aliphatic hydroxyl groups excluding tert-OH is 2. The molecule has 13 nitrogen and oxygen atoms in total. The van der Waals surface area contributed by atoms with Crippen molar-refractivity contribution in [2.75, 3.05) is 46.7 Å². The molecule has 0 aromatic heterocycles. The van der Waals surface area contributed by atoms with Crippen molar-refractivity contribution in [1.82, 2.24) is 10.2 Å². The summed E-state index contributed by atoms with van der Waals surface area (Å²) in [6, 6.07) is 24.0. The van der Waals surface area contributed by atoms with Crippen LogP contribution in [0.1, 0.15) is 74.5 Å². The van der Waals surface area contributed by atoms with Gasteiger partial charge in [-0.2, -0.15) is 0 Å². The van der Waals surface area contributed by atoms with E-state index in [0.29, 0.717) is 49.8 Å². The zero-order valence-corrected chi connectivity index (χ0v) is 35.4. The van der Waals surface area contributed by atoms with E-state index in [1.165, 1.54) is 4.90 Å². The zero-order valence-electron chi connectivity index (χ0n) is 35.4. The molecule has 13 heteroatoms. The highest BCUT2D eigenvalue weighted by Crippen LogP contribution is 2.61. The van der Waals surface area contributed by atoms with Gasteiger partial charge in [-0.3, -0.25) is 0 Å². The number of carbonyl (C=O) groups excluding carboxylic acids is 2. The lowest BCUT2D eigenvalue weighted by atomic mass is 9.55. The minimum atomic E-state index is -1.44. The number of fused-ring (bicyclic) bond motifs is 2. The predicted molar refractivity (Wildman–Crippen MR) is 231 cm³/mol. The number of oxime groups is 1. The van der Waals surface area contributed by atoms with Gasteiger partial charge in [-0.1, -0.05) is 90.8 Å². The maximum Gasteiger partial charge on any atom is 0.412 e. The number of nitrogens with zero attached hydrogens (tertiary/aromatic N) is 2. The quantitative estimate of drug-likeness (QED) is 0.0516. The van der Waals surface area contributed by atoms with E-state index < -0.39 is 29.9 Å². The van der Waals surface area contributed by atoms with Crippen LogP contribution >= 0.6 is 0 Å². The van der Waals surface area contributed by atoms with Gasteiger partial charge in [-0.15, -0.1) is 6.58 Å². The summed E-state index contributed by atoms with van der Waals surface area (Å²) < 4.78 is 31.6. The van der Waals surface area contributed by atoms with Gasteiger partial charge in [0, 0.05) is 44.7 Å². The van der Waals surface area contributed by atoms with E-state index in [9.17, 15) is 19.8 Å². The lowest BCUT2D eigenvalue weighted by Crippen LogP contribution is -2.69. The molecule has 1 heterocycles. The Morgan fingerprint density at radius 3 is 2.39 bits per heavy atom. The van der Waals surface area contributed by atoms with Crippen molar-refractivity contribution < 1.29 is 48.3 Å². The summed E-state index contributed by atoms with van der Waals surface area (Å²) in [7, 11) is 1.68. The van der Waals surface area contributed by atoms with Gasteiger partial charge in [0.15, 0.2) is 0 Å². The number of amides is 2. The summed E-state index contributed by atoms with van der Waals surface area (Å²) in [5.41, 5.74) is 4.37. The van der Waals surface area contributed by atoms with E-state index in [1.807, 2.05) is 73.7 Å². The fraction of sp³-hybridized carbons (Fsp3) is 0.479. The standard InChI is InChI=1S/C48H61N3O10/c1-4-26-58-48-43(51(3)47(55)57-28-27-56-33-35-18-10-7-11-19-35)31-41(50-59-5-2)39-29-36(20-12-14-24-52)38(21-13-15-25-53)44(45(39)48)40-30-37(22-23-42(40)61-48)60-46(54)49-32-34-16-8-6-9-17-34/h4,6-11,16-19,22-23,29-30,36,38,43-45,52-53H,1,5,12-15,20-21,24-28,31-33H2,2-3H3,(H,49,54). The minimum absolute atomic E-state index is 0.00150. The van der Waals surface area contributed by atoms with Crippen LogP contribution in [0.2, 0.25) is 0 Å². The van der Waals surface area contributed by atoms with Crippen LogP contribution in [0.15, 0.2) is 108 Å². The van der Waals surface area contributed by atoms with Crippen LogP contribution in [0.5, 0.6) is 11.5 Å². The summed E-state index contributed by atoms with van der Waals surface area (Å²) in [6.07, 6.45) is 7.42. The van der Waals surface area contributed by atoms with Gasteiger partial charge in [-0.05, 0) is 79.3 Å². The predicted octanol–water partition coefficient (Wildman–Crippen LogP) is 7.91. The van der Waals surface area contributed by atoms with Crippen molar-refractivity contribution in [2.24, 2.45) is 22.9 Å². The van der Waals surface area contributed by atoms with Crippen molar-refractivity contribution in [3.63, 3.8) is 0 Å². The Morgan fingerprint density at radius 1 is 0.967 bits per heavy atom. The molecule has 0 spiro atoms. The molecule has 0 radical (unpaired) electrons. The molecule has 3 aromatic rings. The average Bonchev–Trinajstić information content (AvgIpc) is 3.28. The highest BCUT2D eigenvalue weighted by molar-refractivity contribution is 6.03. The number of likely N-dealkylation sites (N-methyl/N-ethyl adjacent to an activating group) is 1. The van der Waals surface area contributed by atoms with E-state index in [-0.39, 0.29) is 57.2 Å². The number of allylic oxidation sites excluding steroid dienone is 1. The van der Waals surface area contributed by atoms with Gasteiger partial charge in [-0.25, -0.2) is 9.59 Å².